The van der Waals surface area contributed by atoms with Gasteiger partial charge in [0.25, 0.3) is 0 Å². The van der Waals surface area contributed by atoms with E-state index in [1.165, 1.54) is 38.4 Å². The molecule has 0 rings (SSSR count). The van der Waals surface area contributed by atoms with E-state index in [4.69, 9.17) is 61.6 Å². The summed E-state index contributed by atoms with van der Waals surface area (Å²) in [6.07, 6.45) is 9.08. The summed E-state index contributed by atoms with van der Waals surface area (Å²) in [5.41, 5.74) is 0. The maximum Gasteiger partial charge on any atom is 0.111 e. The summed E-state index contributed by atoms with van der Waals surface area (Å²) in [7, 11) is 0. The molecule has 0 unspecified atom stereocenters. The van der Waals surface area contributed by atoms with Crippen molar-refractivity contribution in [2.75, 3.05) is 165 Å². The Morgan fingerprint density at radius 3 is 0.745 bits per heavy atom. The van der Waals surface area contributed by atoms with Crippen molar-refractivity contribution in [1.82, 2.24) is 0 Å². The number of ether oxygens (including phenoxy) is 13. The van der Waals surface area contributed by atoms with Crippen molar-refractivity contribution in [1.29, 1.82) is 0 Å². The van der Waals surface area contributed by atoms with Crippen LogP contribution in [0.2, 0.25) is 0 Å². The third-order valence-corrected chi connectivity index (χ3v) is 6.20. The lowest BCUT2D eigenvalue weighted by molar-refractivity contribution is -0.0286. The Kier molecular flexibility index (Phi) is 44.2. The van der Waals surface area contributed by atoms with Crippen molar-refractivity contribution >= 4 is 0 Å². The van der Waals surface area contributed by atoms with E-state index in [-0.39, 0.29) is 0 Å². The molecule has 0 aliphatic heterocycles. The first-order valence-electron chi connectivity index (χ1n) is 17.6. The largest absolute Gasteiger partial charge is 0.499 e. The van der Waals surface area contributed by atoms with Gasteiger partial charge in [0.1, 0.15) is 6.61 Å². The normalized spacial score (nSPS) is 11.4. The van der Waals surface area contributed by atoms with Gasteiger partial charge in [-0.3, -0.25) is 0 Å². The van der Waals surface area contributed by atoms with Crippen LogP contribution in [0.5, 0.6) is 0 Å². The van der Waals surface area contributed by atoms with E-state index in [1.54, 1.807) is 0 Å². The van der Waals surface area contributed by atoms with E-state index in [1.807, 2.05) is 0 Å². The molecule has 0 spiro atoms. The average Bonchev–Trinajstić information content (AvgIpc) is 3.08. The van der Waals surface area contributed by atoms with Crippen molar-refractivity contribution in [2.45, 2.75) is 45.4 Å². The highest BCUT2D eigenvalue weighted by atomic mass is 16.6. The molecule has 282 valence electrons. The molecule has 0 aromatic rings. The van der Waals surface area contributed by atoms with E-state index >= 15 is 0 Å². The van der Waals surface area contributed by atoms with Crippen LogP contribution < -0.4 is 0 Å². The van der Waals surface area contributed by atoms with Crippen LogP contribution in [-0.4, -0.2) is 165 Å². The monoisotopic (exact) mass is 684 g/mol. The van der Waals surface area contributed by atoms with Gasteiger partial charge < -0.3 is 61.6 Å². The van der Waals surface area contributed by atoms with Crippen LogP contribution in [0.4, 0.5) is 0 Å². The minimum Gasteiger partial charge on any atom is -0.499 e. The van der Waals surface area contributed by atoms with Gasteiger partial charge in [0.15, 0.2) is 0 Å². The number of unbranched alkanes of at least 4 members (excludes halogenated alkanes) is 5. The van der Waals surface area contributed by atoms with Crippen molar-refractivity contribution in [3.8, 4) is 0 Å². The molecule has 0 bridgehead atoms. The van der Waals surface area contributed by atoms with Crippen molar-refractivity contribution < 1.29 is 61.6 Å². The Hall–Kier alpha value is -0.940. The highest BCUT2D eigenvalue weighted by molar-refractivity contribution is 4.48. The highest BCUT2D eigenvalue weighted by Gasteiger charge is 1.97. The number of rotatable bonds is 44. The van der Waals surface area contributed by atoms with Gasteiger partial charge in [-0.15, -0.1) is 0 Å². The van der Waals surface area contributed by atoms with Gasteiger partial charge in [-0.1, -0.05) is 45.6 Å². The van der Waals surface area contributed by atoms with Gasteiger partial charge in [-0.05, 0) is 6.42 Å². The van der Waals surface area contributed by atoms with Crippen LogP contribution in [0.15, 0.2) is 12.8 Å². The lowest BCUT2D eigenvalue weighted by atomic mass is 10.1. The zero-order chi connectivity index (χ0) is 33.8. The summed E-state index contributed by atoms with van der Waals surface area (Å²) in [5.74, 6) is 0. The SMILES string of the molecule is C=COCCOCCOCCOCCOCCOCCOCCOCCOCCOCCOCCOCCOCCCCCCCC. The summed E-state index contributed by atoms with van der Waals surface area (Å²) >= 11 is 0. The maximum absolute atomic E-state index is 5.59. The van der Waals surface area contributed by atoms with E-state index in [0.717, 1.165) is 13.0 Å². The molecule has 0 N–H and O–H groups in total. The molecule has 0 aliphatic rings. The lowest BCUT2D eigenvalue weighted by Gasteiger charge is -2.09. The molecule has 0 amide bonds. The van der Waals surface area contributed by atoms with Gasteiger partial charge in [0.2, 0.25) is 0 Å². The molecule has 0 radical (unpaired) electrons. The second-order valence-corrected chi connectivity index (χ2v) is 10.2. The van der Waals surface area contributed by atoms with Crippen molar-refractivity contribution in [3.63, 3.8) is 0 Å². The summed E-state index contributed by atoms with van der Waals surface area (Å²) in [6.45, 7) is 19.3. The summed E-state index contributed by atoms with van der Waals surface area (Å²) < 4.78 is 70.6. The van der Waals surface area contributed by atoms with E-state index in [0.29, 0.717) is 159 Å². The Morgan fingerprint density at radius 1 is 0.277 bits per heavy atom. The minimum atomic E-state index is 0.503. The molecular weight excluding hydrogens is 616 g/mol. The zero-order valence-corrected chi connectivity index (χ0v) is 29.5. The quantitative estimate of drug-likeness (QED) is 0.0686. The number of hydrogen-bond acceptors (Lipinski definition) is 13. The van der Waals surface area contributed by atoms with E-state index in [2.05, 4.69) is 13.5 Å². The molecule has 0 saturated carbocycles. The molecule has 0 aromatic heterocycles. The molecule has 0 atom stereocenters. The Bertz CT molecular complexity index is 560. The summed E-state index contributed by atoms with van der Waals surface area (Å²) in [6, 6.07) is 0. The standard InChI is InChI=1S/C34H68O13/c1-3-5-6-7-8-9-10-36-13-14-38-17-18-40-21-22-42-25-26-44-29-30-46-33-34-47-32-31-45-28-27-43-24-23-41-20-19-39-16-15-37-12-11-35-4-2/h4H,2-3,5-34H2,1H3. The molecule has 0 aliphatic carbocycles. The first-order valence-corrected chi connectivity index (χ1v) is 17.6. The van der Waals surface area contributed by atoms with Crippen molar-refractivity contribution in [2.24, 2.45) is 0 Å². The Balaban J connectivity index is 3.04. The van der Waals surface area contributed by atoms with Crippen LogP contribution in [0.25, 0.3) is 0 Å². The van der Waals surface area contributed by atoms with E-state index in [9.17, 15) is 0 Å². The number of hydrogen-bond donors (Lipinski definition) is 0. The second-order valence-electron chi connectivity index (χ2n) is 10.2. The zero-order valence-electron chi connectivity index (χ0n) is 29.5. The fourth-order valence-electron chi connectivity index (χ4n) is 3.70. The fraction of sp³-hybridized carbons (Fsp3) is 0.941. The molecule has 0 heterocycles. The third kappa shape index (κ3) is 45.1. The Labute approximate surface area is 285 Å². The second kappa shape index (κ2) is 45.1. The molecule has 13 nitrogen and oxygen atoms in total. The lowest BCUT2D eigenvalue weighted by Crippen LogP contribution is -2.15. The molecule has 13 heteroatoms. The van der Waals surface area contributed by atoms with Crippen LogP contribution >= 0.6 is 0 Å². The van der Waals surface area contributed by atoms with Crippen LogP contribution in [-0.2, 0) is 61.6 Å². The van der Waals surface area contributed by atoms with Gasteiger partial charge in [-0.25, -0.2) is 0 Å². The molecule has 0 aromatic carbocycles. The van der Waals surface area contributed by atoms with Crippen LogP contribution in [0, 0.1) is 0 Å². The molecule has 0 fully saturated rings. The maximum atomic E-state index is 5.59. The molecule has 47 heavy (non-hydrogen) atoms. The van der Waals surface area contributed by atoms with Crippen molar-refractivity contribution in [3.05, 3.63) is 12.8 Å². The molecule has 0 saturated heterocycles. The van der Waals surface area contributed by atoms with Crippen LogP contribution in [0.1, 0.15) is 45.4 Å². The first kappa shape index (κ1) is 46.1. The summed E-state index contributed by atoms with van der Waals surface area (Å²) in [5, 5.41) is 0. The van der Waals surface area contributed by atoms with E-state index < -0.39 is 0 Å². The third-order valence-electron chi connectivity index (χ3n) is 6.20. The fourth-order valence-corrected chi connectivity index (χ4v) is 3.70. The van der Waals surface area contributed by atoms with Gasteiger partial charge in [0, 0.05) is 6.61 Å². The predicted octanol–water partition coefficient (Wildman–Crippen LogP) is 3.71. The topological polar surface area (TPSA) is 120 Å². The molecular formula is C34H68O13. The first-order chi connectivity index (χ1) is 23.4. The average molecular weight is 685 g/mol. The predicted molar refractivity (Wildman–Crippen MR) is 179 cm³/mol. The summed E-state index contributed by atoms with van der Waals surface area (Å²) in [4.78, 5) is 0. The van der Waals surface area contributed by atoms with Gasteiger partial charge in [0.05, 0.1) is 158 Å². The highest BCUT2D eigenvalue weighted by Crippen LogP contribution is 2.04. The minimum absolute atomic E-state index is 0.503. The van der Waals surface area contributed by atoms with Crippen LogP contribution in [0.3, 0.4) is 0 Å². The van der Waals surface area contributed by atoms with Gasteiger partial charge in [-0.2, -0.15) is 0 Å². The smallest absolute Gasteiger partial charge is 0.111 e. The Morgan fingerprint density at radius 2 is 0.489 bits per heavy atom. The van der Waals surface area contributed by atoms with Gasteiger partial charge >= 0.3 is 0 Å².